The number of fused-ring (bicyclic) bond motifs is 1. The summed E-state index contributed by atoms with van der Waals surface area (Å²) in [6.45, 7) is 0.930. The Balaban J connectivity index is 1.78. The van der Waals surface area contributed by atoms with Crippen molar-refractivity contribution in [1.29, 1.82) is 0 Å². The standard InChI is InChI=1S/C15H15N3O3/c1-18(11-4-5-17-12(7-11)15(16)19)8-10-2-3-13-14(6-10)21-9-20-13/h2-7H,8-9H2,1H3,(H2,16,19). The SMILES string of the molecule is CN(Cc1ccc2c(c1)OCO2)c1ccnc(C(N)=O)c1. The maximum Gasteiger partial charge on any atom is 0.267 e. The number of carbonyl (C=O) groups excluding carboxylic acids is 1. The molecule has 1 aromatic heterocycles. The minimum atomic E-state index is -0.534. The quantitative estimate of drug-likeness (QED) is 0.922. The number of nitrogens with two attached hydrogens (primary N) is 1. The summed E-state index contributed by atoms with van der Waals surface area (Å²) in [4.78, 5) is 17.1. The minimum absolute atomic E-state index is 0.255. The molecule has 0 fully saturated rings. The Hall–Kier alpha value is -2.76. The molecule has 2 N–H and O–H groups in total. The molecule has 1 aliphatic rings. The maximum absolute atomic E-state index is 11.2. The van der Waals surface area contributed by atoms with E-state index in [1.54, 1.807) is 12.3 Å². The van der Waals surface area contributed by atoms with Gasteiger partial charge in [0.1, 0.15) is 5.69 Å². The second-order valence-corrected chi connectivity index (χ2v) is 4.81. The highest BCUT2D eigenvalue weighted by atomic mass is 16.7. The molecule has 2 aromatic rings. The van der Waals surface area contributed by atoms with Gasteiger partial charge in [0.15, 0.2) is 11.5 Å². The zero-order chi connectivity index (χ0) is 14.8. The Morgan fingerprint density at radius 1 is 1.29 bits per heavy atom. The van der Waals surface area contributed by atoms with Gasteiger partial charge in [0.25, 0.3) is 5.91 Å². The Morgan fingerprint density at radius 2 is 2.10 bits per heavy atom. The van der Waals surface area contributed by atoms with Crippen LogP contribution in [0.2, 0.25) is 0 Å². The van der Waals surface area contributed by atoms with Crippen LogP contribution >= 0.6 is 0 Å². The third kappa shape index (κ3) is 2.74. The second-order valence-electron chi connectivity index (χ2n) is 4.81. The highest BCUT2D eigenvalue weighted by molar-refractivity contribution is 5.91. The van der Waals surface area contributed by atoms with Crippen LogP contribution in [-0.4, -0.2) is 24.7 Å². The summed E-state index contributed by atoms with van der Waals surface area (Å²) in [5.74, 6) is 0.989. The van der Waals surface area contributed by atoms with Gasteiger partial charge in [0.05, 0.1) is 0 Å². The third-order valence-electron chi connectivity index (χ3n) is 3.29. The van der Waals surface area contributed by atoms with E-state index in [-0.39, 0.29) is 12.5 Å². The van der Waals surface area contributed by atoms with Crippen molar-refractivity contribution in [3.8, 4) is 11.5 Å². The summed E-state index contributed by atoms with van der Waals surface area (Å²) in [7, 11) is 1.94. The lowest BCUT2D eigenvalue weighted by Gasteiger charge is -2.19. The van der Waals surface area contributed by atoms with Gasteiger partial charge in [-0.1, -0.05) is 6.07 Å². The molecule has 6 nitrogen and oxygen atoms in total. The largest absolute Gasteiger partial charge is 0.454 e. The molecule has 0 unspecified atom stereocenters. The summed E-state index contributed by atoms with van der Waals surface area (Å²) >= 11 is 0. The van der Waals surface area contributed by atoms with Gasteiger partial charge in [0, 0.05) is 25.5 Å². The molecule has 0 saturated heterocycles. The first kappa shape index (κ1) is 13.2. The molecular weight excluding hydrogens is 270 g/mol. The van der Waals surface area contributed by atoms with Gasteiger partial charge >= 0.3 is 0 Å². The molecule has 0 radical (unpaired) electrons. The molecular formula is C15H15N3O3. The van der Waals surface area contributed by atoms with Gasteiger partial charge in [0.2, 0.25) is 6.79 Å². The van der Waals surface area contributed by atoms with Crippen molar-refractivity contribution in [3.63, 3.8) is 0 Å². The fourth-order valence-electron chi connectivity index (χ4n) is 2.20. The van der Waals surface area contributed by atoms with Crippen molar-refractivity contribution in [1.82, 2.24) is 4.98 Å². The van der Waals surface area contributed by atoms with E-state index in [9.17, 15) is 4.79 Å². The lowest BCUT2D eigenvalue weighted by atomic mass is 10.2. The zero-order valence-corrected chi connectivity index (χ0v) is 11.6. The smallest absolute Gasteiger partial charge is 0.267 e. The molecule has 3 rings (SSSR count). The minimum Gasteiger partial charge on any atom is -0.454 e. The number of benzene rings is 1. The highest BCUT2D eigenvalue weighted by Gasteiger charge is 2.14. The first-order valence-electron chi connectivity index (χ1n) is 6.49. The van der Waals surface area contributed by atoms with Crippen molar-refractivity contribution in [3.05, 3.63) is 47.8 Å². The normalized spacial score (nSPS) is 12.2. The summed E-state index contributed by atoms with van der Waals surface area (Å²) in [5.41, 5.74) is 7.46. The predicted octanol–water partition coefficient (Wildman–Crippen LogP) is 1.55. The highest BCUT2D eigenvalue weighted by Crippen LogP contribution is 2.33. The molecule has 0 atom stereocenters. The van der Waals surface area contributed by atoms with E-state index in [1.165, 1.54) is 0 Å². The first-order valence-corrected chi connectivity index (χ1v) is 6.49. The fourth-order valence-corrected chi connectivity index (χ4v) is 2.20. The molecule has 108 valence electrons. The van der Waals surface area contributed by atoms with Gasteiger partial charge in [-0.2, -0.15) is 0 Å². The van der Waals surface area contributed by atoms with Crippen LogP contribution in [0.4, 0.5) is 5.69 Å². The van der Waals surface area contributed by atoms with E-state index < -0.39 is 5.91 Å². The number of ether oxygens (including phenoxy) is 2. The number of anilines is 1. The van der Waals surface area contributed by atoms with Crippen molar-refractivity contribution in [2.45, 2.75) is 6.54 Å². The topological polar surface area (TPSA) is 77.7 Å². The molecule has 0 bridgehead atoms. The van der Waals surface area contributed by atoms with Gasteiger partial charge in [-0.05, 0) is 29.8 Å². The number of primary amides is 1. The van der Waals surface area contributed by atoms with Gasteiger partial charge in [-0.25, -0.2) is 0 Å². The summed E-state index contributed by atoms with van der Waals surface area (Å²) < 4.78 is 10.7. The van der Waals surface area contributed by atoms with Gasteiger partial charge < -0.3 is 20.1 Å². The molecule has 2 heterocycles. The van der Waals surface area contributed by atoms with Crippen molar-refractivity contribution in [2.24, 2.45) is 5.73 Å². The molecule has 1 aliphatic heterocycles. The molecule has 1 aromatic carbocycles. The molecule has 21 heavy (non-hydrogen) atoms. The Bertz CT molecular complexity index is 688. The molecule has 0 aliphatic carbocycles. The average Bonchev–Trinajstić information content (AvgIpc) is 2.95. The lowest BCUT2D eigenvalue weighted by molar-refractivity contribution is 0.0995. The van der Waals surface area contributed by atoms with Crippen LogP contribution in [0.15, 0.2) is 36.5 Å². The summed E-state index contributed by atoms with van der Waals surface area (Å²) in [6.07, 6.45) is 1.57. The van der Waals surface area contributed by atoms with Gasteiger partial charge in [-0.3, -0.25) is 9.78 Å². The van der Waals surface area contributed by atoms with Crippen LogP contribution in [0.3, 0.4) is 0 Å². The van der Waals surface area contributed by atoms with E-state index in [0.29, 0.717) is 6.54 Å². The predicted molar refractivity (Wildman–Crippen MR) is 77.4 cm³/mol. The number of pyridine rings is 1. The molecule has 0 saturated carbocycles. The lowest BCUT2D eigenvalue weighted by Crippen LogP contribution is -2.18. The van der Waals surface area contributed by atoms with Crippen LogP contribution in [0.5, 0.6) is 11.5 Å². The van der Waals surface area contributed by atoms with Crippen LogP contribution in [0.25, 0.3) is 0 Å². The molecule has 6 heteroatoms. The Labute approximate surface area is 122 Å². The number of hydrogen-bond acceptors (Lipinski definition) is 5. The van der Waals surface area contributed by atoms with E-state index in [2.05, 4.69) is 4.98 Å². The van der Waals surface area contributed by atoms with Gasteiger partial charge in [-0.15, -0.1) is 0 Å². The fraction of sp³-hybridized carbons (Fsp3) is 0.200. The maximum atomic E-state index is 11.2. The number of rotatable bonds is 4. The van der Waals surface area contributed by atoms with Crippen molar-refractivity contribution >= 4 is 11.6 Å². The first-order chi connectivity index (χ1) is 10.1. The van der Waals surface area contributed by atoms with Crippen molar-refractivity contribution in [2.75, 3.05) is 18.7 Å². The second kappa shape index (κ2) is 5.32. The number of aromatic nitrogens is 1. The van der Waals surface area contributed by atoms with E-state index in [4.69, 9.17) is 15.2 Å². The number of nitrogens with zero attached hydrogens (tertiary/aromatic N) is 2. The monoisotopic (exact) mass is 285 g/mol. The third-order valence-corrected chi connectivity index (χ3v) is 3.29. The summed E-state index contributed by atoms with van der Waals surface area (Å²) in [6, 6.07) is 9.34. The van der Waals surface area contributed by atoms with E-state index >= 15 is 0 Å². The van der Waals surface area contributed by atoms with Crippen LogP contribution in [0.1, 0.15) is 16.1 Å². The van der Waals surface area contributed by atoms with E-state index in [1.807, 2.05) is 36.2 Å². The number of carbonyl (C=O) groups is 1. The number of hydrogen-bond donors (Lipinski definition) is 1. The van der Waals surface area contributed by atoms with Crippen LogP contribution < -0.4 is 20.1 Å². The number of amides is 1. The zero-order valence-electron chi connectivity index (χ0n) is 11.6. The molecule has 0 spiro atoms. The average molecular weight is 285 g/mol. The summed E-state index contributed by atoms with van der Waals surface area (Å²) in [5, 5.41) is 0. The van der Waals surface area contributed by atoms with Crippen LogP contribution in [-0.2, 0) is 6.54 Å². The van der Waals surface area contributed by atoms with Crippen LogP contribution in [0, 0.1) is 0 Å². The molecule has 1 amide bonds. The Kier molecular flexibility index (Phi) is 3.35. The Morgan fingerprint density at radius 3 is 2.90 bits per heavy atom. The van der Waals surface area contributed by atoms with Crippen molar-refractivity contribution < 1.29 is 14.3 Å². The van der Waals surface area contributed by atoms with E-state index in [0.717, 1.165) is 22.7 Å².